The Hall–Kier alpha value is -1.46. The maximum Gasteiger partial charge on any atom is 0.127 e. The van der Waals surface area contributed by atoms with E-state index in [1.807, 2.05) is 18.2 Å². The minimum absolute atomic E-state index is 0.145. The van der Waals surface area contributed by atoms with Crippen molar-refractivity contribution in [3.63, 3.8) is 0 Å². The third-order valence-electron chi connectivity index (χ3n) is 2.76. The SMILES string of the molecule is CC(Nc1cc(C(N)=S)ccn1)c1cccc(Br)c1. The van der Waals surface area contributed by atoms with Crippen molar-refractivity contribution < 1.29 is 0 Å². The summed E-state index contributed by atoms with van der Waals surface area (Å²) in [6.45, 7) is 2.08. The fourth-order valence-corrected chi connectivity index (χ4v) is 2.29. The molecule has 19 heavy (non-hydrogen) atoms. The molecule has 1 heterocycles. The average Bonchev–Trinajstić information content (AvgIpc) is 2.39. The predicted molar refractivity (Wildman–Crippen MR) is 86.3 cm³/mol. The van der Waals surface area contributed by atoms with E-state index in [0.29, 0.717) is 4.99 Å². The number of rotatable bonds is 4. The summed E-state index contributed by atoms with van der Waals surface area (Å²) in [5.74, 6) is 0.762. The maximum atomic E-state index is 5.61. The van der Waals surface area contributed by atoms with E-state index in [1.54, 1.807) is 12.3 Å². The Kier molecular flexibility index (Phi) is 4.50. The molecule has 0 radical (unpaired) electrons. The lowest BCUT2D eigenvalue weighted by atomic mass is 10.1. The first kappa shape index (κ1) is 14.0. The molecule has 3 N–H and O–H groups in total. The Balaban J connectivity index is 2.17. The van der Waals surface area contributed by atoms with Crippen LogP contribution in [0.5, 0.6) is 0 Å². The van der Waals surface area contributed by atoms with Crippen molar-refractivity contribution in [2.45, 2.75) is 13.0 Å². The Morgan fingerprint density at radius 2 is 2.16 bits per heavy atom. The minimum atomic E-state index is 0.145. The Bertz CT molecular complexity index is 601. The van der Waals surface area contributed by atoms with Crippen LogP contribution in [0.15, 0.2) is 47.1 Å². The van der Waals surface area contributed by atoms with Gasteiger partial charge in [-0.1, -0.05) is 40.3 Å². The van der Waals surface area contributed by atoms with Crippen LogP contribution in [-0.4, -0.2) is 9.97 Å². The summed E-state index contributed by atoms with van der Waals surface area (Å²) in [4.78, 5) is 4.65. The van der Waals surface area contributed by atoms with Crippen molar-refractivity contribution in [1.82, 2.24) is 4.98 Å². The van der Waals surface area contributed by atoms with Gasteiger partial charge in [-0.15, -0.1) is 0 Å². The van der Waals surface area contributed by atoms with E-state index in [1.165, 1.54) is 5.56 Å². The van der Waals surface area contributed by atoms with Crippen LogP contribution in [0.2, 0.25) is 0 Å². The van der Waals surface area contributed by atoms with E-state index in [0.717, 1.165) is 15.9 Å². The summed E-state index contributed by atoms with van der Waals surface area (Å²) in [5, 5.41) is 3.33. The van der Waals surface area contributed by atoms with Gasteiger partial charge in [-0.3, -0.25) is 0 Å². The molecule has 0 bridgehead atoms. The molecule has 3 nitrogen and oxygen atoms in total. The second kappa shape index (κ2) is 6.12. The van der Waals surface area contributed by atoms with Crippen LogP contribution in [-0.2, 0) is 0 Å². The topological polar surface area (TPSA) is 50.9 Å². The first-order valence-electron chi connectivity index (χ1n) is 5.84. The van der Waals surface area contributed by atoms with Crippen LogP contribution in [0.4, 0.5) is 5.82 Å². The number of nitrogens with zero attached hydrogens (tertiary/aromatic N) is 1. The molecule has 1 aromatic heterocycles. The number of pyridine rings is 1. The van der Waals surface area contributed by atoms with Crippen LogP contribution in [0.25, 0.3) is 0 Å². The van der Waals surface area contributed by atoms with Gasteiger partial charge in [-0.05, 0) is 36.8 Å². The van der Waals surface area contributed by atoms with Crippen molar-refractivity contribution >= 4 is 39.0 Å². The second-order valence-electron chi connectivity index (χ2n) is 4.22. The normalized spacial score (nSPS) is 11.9. The molecule has 1 aromatic carbocycles. The van der Waals surface area contributed by atoms with Crippen molar-refractivity contribution in [3.05, 3.63) is 58.2 Å². The minimum Gasteiger partial charge on any atom is -0.389 e. The monoisotopic (exact) mass is 335 g/mol. The number of anilines is 1. The Labute approximate surface area is 126 Å². The number of thiocarbonyl (C=S) groups is 1. The van der Waals surface area contributed by atoms with Crippen LogP contribution in [0.3, 0.4) is 0 Å². The van der Waals surface area contributed by atoms with Gasteiger partial charge in [0.15, 0.2) is 0 Å². The number of aromatic nitrogens is 1. The van der Waals surface area contributed by atoms with Gasteiger partial charge in [0.1, 0.15) is 10.8 Å². The molecule has 2 rings (SSSR count). The number of nitrogens with two attached hydrogens (primary N) is 1. The smallest absolute Gasteiger partial charge is 0.127 e. The molecule has 0 spiro atoms. The van der Waals surface area contributed by atoms with E-state index < -0.39 is 0 Å². The molecule has 2 aromatic rings. The molecule has 0 amide bonds. The fraction of sp³-hybridized carbons (Fsp3) is 0.143. The highest BCUT2D eigenvalue weighted by molar-refractivity contribution is 9.10. The number of nitrogens with one attached hydrogen (secondary N) is 1. The number of hydrogen-bond donors (Lipinski definition) is 2. The highest BCUT2D eigenvalue weighted by Crippen LogP contribution is 2.21. The van der Waals surface area contributed by atoms with Gasteiger partial charge in [0.2, 0.25) is 0 Å². The molecule has 1 unspecified atom stereocenters. The van der Waals surface area contributed by atoms with Crippen molar-refractivity contribution in [2.24, 2.45) is 5.73 Å². The summed E-state index contributed by atoms with van der Waals surface area (Å²) >= 11 is 8.43. The third-order valence-corrected chi connectivity index (χ3v) is 3.49. The Morgan fingerprint density at radius 1 is 1.37 bits per heavy atom. The first-order valence-corrected chi connectivity index (χ1v) is 7.04. The van der Waals surface area contributed by atoms with E-state index in [4.69, 9.17) is 18.0 Å². The van der Waals surface area contributed by atoms with Crippen LogP contribution >= 0.6 is 28.1 Å². The summed E-state index contributed by atoms with van der Waals surface area (Å²) in [6.07, 6.45) is 1.70. The van der Waals surface area contributed by atoms with E-state index in [9.17, 15) is 0 Å². The van der Waals surface area contributed by atoms with E-state index >= 15 is 0 Å². The second-order valence-corrected chi connectivity index (χ2v) is 5.57. The number of halogens is 1. The maximum absolute atomic E-state index is 5.61. The molecule has 98 valence electrons. The lowest BCUT2D eigenvalue weighted by Crippen LogP contribution is -2.12. The van der Waals surface area contributed by atoms with Gasteiger partial charge in [0, 0.05) is 22.3 Å². The quantitative estimate of drug-likeness (QED) is 0.837. The highest BCUT2D eigenvalue weighted by Gasteiger charge is 2.07. The zero-order chi connectivity index (χ0) is 13.8. The average molecular weight is 336 g/mol. The van der Waals surface area contributed by atoms with Gasteiger partial charge in [0.25, 0.3) is 0 Å². The zero-order valence-corrected chi connectivity index (χ0v) is 12.8. The summed E-state index contributed by atoms with van der Waals surface area (Å²) in [6, 6.07) is 12.0. The molecule has 0 saturated heterocycles. The van der Waals surface area contributed by atoms with Crippen LogP contribution in [0.1, 0.15) is 24.1 Å². The van der Waals surface area contributed by atoms with Gasteiger partial charge in [-0.2, -0.15) is 0 Å². The lowest BCUT2D eigenvalue weighted by molar-refractivity contribution is 0.873. The number of hydrogen-bond acceptors (Lipinski definition) is 3. The van der Waals surface area contributed by atoms with Gasteiger partial charge >= 0.3 is 0 Å². The van der Waals surface area contributed by atoms with Gasteiger partial charge < -0.3 is 11.1 Å². The van der Waals surface area contributed by atoms with Crippen molar-refractivity contribution in [3.8, 4) is 0 Å². The molecule has 0 saturated carbocycles. The summed E-state index contributed by atoms with van der Waals surface area (Å²) in [7, 11) is 0. The van der Waals surface area contributed by atoms with Crippen LogP contribution < -0.4 is 11.1 Å². The first-order chi connectivity index (χ1) is 9.06. The summed E-state index contributed by atoms with van der Waals surface area (Å²) < 4.78 is 1.06. The molecular weight excluding hydrogens is 322 g/mol. The predicted octanol–water partition coefficient (Wildman–Crippen LogP) is 3.65. The van der Waals surface area contributed by atoms with E-state index in [2.05, 4.69) is 45.3 Å². The number of benzene rings is 1. The molecule has 5 heteroatoms. The van der Waals surface area contributed by atoms with Crippen LogP contribution in [0, 0.1) is 0 Å². The molecule has 0 fully saturated rings. The molecule has 0 aliphatic carbocycles. The van der Waals surface area contributed by atoms with Gasteiger partial charge in [-0.25, -0.2) is 4.98 Å². The third kappa shape index (κ3) is 3.75. The largest absolute Gasteiger partial charge is 0.389 e. The molecule has 0 aliphatic heterocycles. The van der Waals surface area contributed by atoms with E-state index in [-0.39, 0.29) is 6.04 Å². The lowest BCUT2D eigenvalue weighted by Gasteiger charge is -2.15. The zero-order valence-electron chi connectivity index (χ0n) is 10.4. The van der Waals surface area contributed by atoms with Gasteiger partial charge in [0.05, 0.1) is 0 Å². The van der Waals surface area contributed by atoms with Crippen molar-refractivity contribution in [1.29, 1.82) is 0 Å². The Morgan fingerprint density at radius 3 is 2.84 bits per heavy atom. The highest BCUT2D eigenvalue weighted by atomic mass is 79.9. The van der Waals surface area contributed by atoms with Crippen molar-refractivity contribution in [2.75, 3.05) is 5.32 Å². The fourth-order valence-electron chi connectivity index (χ4n) is 1.74. The standard InChI is InChI=1S/C14H14BrN3S/c1-9(10-3-2-4-12(15)7-10)18-13-8-11(14(16)19)5-6-17-13/h2-9H,1H3,(H2,16,19)(H,17,18). The molecule has 0 aliphatic rings. The molecule has 1 atom stereocenters. The molecular formula is C14H14BrN3S. The summed E-state index contributed by atoms with van der Waals surface area (Å²) in [5.41, 5.74) is 7.61.